The fourth-order valence-corrected chi connectivity index (χ4v) is 4.02. The summed E-state index contributed by atoms with van der Waals surface area (Å²) in [7, 11) is 0. The van der Waals surface area contributed by atoms with E-state index in [0.29, 0.717) is 21.7 Å². The maximum Gasteiger partial charge on any atom is 0.417 e. The van der Waals surface area contributed by atoms with Crippen LogP contribution in [0.15, 0.2) is 93.9 Å². The number of hydrazone groups is 1. The highest BCUT2D eigenvalue weighted by atomic mass is 32.2. The molecule has 0 fully saturated rings. The fourth-order valence-electron chi connectivity index (χ4n) is 3.22. The number of amides is 1. The number of para-hydroxylation sites is 2. The van der Waals surface area contributed by atoms with Crippen LogP contribution < -0.4 is 11.0 Å². The molecule has 1 amide bonds. The van der Waals surface area contributed by atoms with E-state index in [4.69, 9.17) is 0 Å². The molecule has 0 aliphatic rings. The number of aromatic nitrogens is 2. The van der Waals surface area contributed by atoms with Crippen LogP contribution in [0.1, 0.15) is 11.1 Å². The normalized spacial score (nSPS) is 11.7. The van der Waals surface area contributed by atoms with Gasteiger partial charge in [-0.05, 0) is 30.3 Å². The van der Waals surface area contributed by atoms with Gasteiger partial charge in [0.05, 0.1) is 34.1 Å². The molecular weight excluding hydrogens is 465 g/mol. The van der Waals surface area contributed by atoms with Crippen LogP contribution in [-0.4, -0.2) is 27.4 Å². The van der Waals surface area contributed by atoms with Crippen molar-refractivity contribution in [3.8, 4) is 5.69 Å². The highest BCUT2D eigenvalue weighted by Gasteiger charge is 2.32. The van der Waals surface area contributed by atoms with Gasteiger partial charge in [-0.2, -0.15) is 18.3 Å². The summed E-state index contributed by atoms with van der Waals surface area (Å²) >= 11 is 1.02. The molecule has 6 nitrogen and oxygen atoms in total. The molecule has 0 saturated heterocycles. The van der Waals surface area contributed by atoms with Gasteiger partial charge < -0.3 is 0 Å². The summed E-state index contributed by atoms with van der Waals surface area (Å²) in [4.78, 5) is 30.0. The summed E-state index contributed by atoms with van der Waals surface area (Å²) in [6, 6.07) is 20.7. The third-order valence-corrected chi connectivity index (χ3v) is 5.69. The van der Waals surface area contributed by atoms with E-state index in [2.05, 4.69) is 15.5 Å². The van der Waals surface area contributed by atoms with E-state index < -0.39 is 17.6 Å². The molecular formula is C24H17F3N4O2S. The van der Waals surface area contributed by atoms with Crippen LogP contribution in [0.2, 0.25) is 0 Å². The number of rotatable bonds is 6. The lowest BCUT2D eigenvalue weighted by Crippen LogP contribution is -2.24. The van der Waals surface area contributed by atoms with E-state index in [1.807, 2.05) is 6.07 Å². The minimum atomic E-state index is -4.54. The van der Waals surface area contributed by atoms with Crippen LogP contribution in [-0.2, 0) is 11.0 Å². The molecule has 1 aromatic heterocycles. The predicted octanol–water partition coefficient (Wildman–Crippen LogP) is 4.65. The van der Waals surface area contributed by atoms with Gasteiger partial charge in [0, 0.05) is 5.56 Å². The Labute approximate surface area is 196 Å². The van der Waals surface area contributed by atoms with Crippen molar-refractivity contribution in [3.05, 3.63) is 100 Å². The summed E-state index contributed by atoms with van der Waals surface area (Å²) < 4.78 is 40.7. The molecule has 0 spiro atoms. The molecule has 172 valence electrons. The minimum absolute atomic E-state index is 0.157. The minimum Gasteiger partial charge on any atom is -0.272 e. The van der Waals surface area contributed by atoms with Crippen LogP contribution in [0.3, 0.4) is 0 Å². The summed E-state index contributed by atoms with van der Waals surface area (Å²) in [5.41, 5.74) is 2.00. The number of hydrogen-bond donors (Lipinski definition) is 1. The number of benzene rings is 3. The monoisotopic (exact) mass is 482 g/mol. The van der Waals surface area contributed by atoms with Crippen molar-refractivity contribution in [2.45, 2.75) is 11.3 Å². The third-order valence-electron chi connectivity index (χ3n) is 4.75. The second-order valence-corrected chi connectivity index (χ2v) is 8.00. The number of thioether (sulfide) groups is 1. The van der Waals surface area contributed by atoms with Crippen LogP contribution in [0.25, 0.3) is 16.6 Å². The van der Waals surface area contributed by atoms with Crippen molar-refractivity contribution in [1.82, 2.24) is 15.0 Å². The summed E-state index contributed by atoms with van der Waals surface area (Å²) in [6.45, 7) is 0. The quantitative estimate of drug-likeness (QED) is 0.188. The van der Waals surface area contributed by atoms with Gasteiger partial charge in [0.25, 0.3) is 11.5 Å². The molecule has 0 unspecified atom stereocenters. The maximum atomic E-state index is 13.1. The van der Waals surface area contributed by atoms with Crippen molar-refractivity contribution in [1.29, 1.82) is 0 Å². The van der Waals surface area contributed by atoms with Gasteiger partial charge in [0.2, 0.25) is 0 Å². The van der Waals surface area contributed by atoms with Gasteiger partial charge in [-0.1, -0.05) is 60.3 Å². The van der Waals surface area contributed by atoms with Crippen LogP contribution >= 0.6 is 11.8 Å². The number of hydrogen-bond acceptors (Lipinski definition) is 5. The smallest absolute Gasteiger partial charge is 0.272 e. The van der Waals surface area contributed by atoms with Crippen molar-refractivity contribution in [3.63, 3.8) is 0 Å². The largest absolute Gasteiger partial charge is 0.417 e. The lowest BCUT2D eigenvalue weighted by molar-refractivity contribution is -0.137. The highest BCUT2D eigenvalue weighted by Crippen LogP contribution is 2.31. The molecule has 0 bridgehead atoms. The average molecular weight is 482 g/mol. The van der Waals surface area contributed by atoms with E-state index >= 15 is 0 Å². The van der Waals surface area contributed by atoms with E-state index in [0.717, 1.165) is 24.0 Å². The number of carbonyl (C=O) groups is 1. The van der Waals surface area contributed by atoms with E-state index in [9.17, 15) is 22.8 Å². The molecule has 0 aliphatic heterocycles. The Morgan fingerprint density at radius 2 is 1.68 bits per heavy atom. The molecule has 0 radical (unpaired) electrons. The molecule has 0 aliphatic carbocycles. The first-order chi connectivity index (χ1) is 16.3. The van der Waals surface area contributed by atoms with E-state index in [1.54, 1.807) is 48.5 Å². The highest BCUT2D eigenvalue weighted by molar-refractivity contribution is 7.99. The first-order valence-electron chi connectivity index (χ1n) is 10.0. The van der Waals surface area contributed by atoms with Gasteiger partial charge in [0.1, 0.15) is 0 Å². The predicted molar refractivity (Wildman–Crippen MR) is 125 cm³/mol. The number of fused-ring (bicyclic) bond motifs is 1. The Kier molecular flexibility index (Phi) is 6.78. The van der Waals surface area contributed by atoms with Crippen LogP contribution in [0, 0.1) is 0 Å². The molecule has 4 aromatic rings. The molecule has 4 rings (SSSR count). The van der Waals surface area contributed by atoms with Crippen molar-refractivity contribution >= 4 is 34.8 Å². The number of carbonyl (C=O) groups excluding carboxylic acids is 1. The van der Waals surface area contributed by atoms with Gasteiger partial charge in [0.15, 0.2) is 5.16 Å². The first kappa shape index (κ1) is 23.2. The van der Waals surface area contributed by atoms with E-state index in [1.165, 1.54) is 22.8 Å². The standard InChI is InChI=1S/C24H17F3N4O2S/c25-24(26,27)19-12-6-4-8-16(19)14-28-30-21(32)15-34-23-29-20-13-7-5-11-18(20)22(33)31(23)17-9-2-1-3-10-17/h1-14H,15H2,(H,30,32)/b28-14+. The Morgan fingerprint density at radius 3 is 2.44 bits per heavy atom. The van der Waals surface area contributed by atoms with Crippen molar-refractivity contribution in [2.75, 3.05) is 5.75 Å². The van der Waals surface area contributed by atoms with E-state index in [-0.39, 0.29) is 16.9 Å². The zero-order valence-electron chi connectivity index (χ0n) is 17.5. The number of nitrogens with one attached hydrogen (secondary N) is 1. The second kappa shape index (κ2) is 9.92. The zero-order chi connectivity index (χ0) is 24.1. The van der Waals surface area contributed by atoms with Crippen LogP contribution in [0.4, 0.5) is 13.2 Å². The van der Waals surface area contributed by atoms with Crippen molar-refractivity contribution in [2.24, 2.45) is 5.10 Å². The van der Waals surface area contributed by atoms with Gasteiger partial charge in [-0.3, -0.25) is 14.2 Å². The zero-order valence-corrected chi connectivity index (χ0v) is 18.3. The molecule has 10 heteroatoms. The Hall–Kier alpha value is -3.92. The van der Waals surface area contributed by atoms with Gasteiger partial charge in [-0.25, -0.2) is 10.4 Å². The Morgan fingerprint density at radius 1 is 1.00 bits per heavy atom. The third kappa shape index (κ3) is 5.18. The van der Waals surface area contributed by atoms with Gasteiger partial charge in [-0.15, -0.1) is 0 Å². The van der Waals surface area contributed by atoms with Gasteiger partial charge >= 0.3 is 6.18 Å². The average Bonchev–Trinajstić information content (AvgIpc) is 2.83. The topological polar surface area (TPSA) is 76.3 Å². The number of halogens is 3. The first-order valence-corrected chi connectivity index (χ1v) is 11.0. The molecule has 0 atom stereocenters. The van der Waals surface area contributed by atoms with Crippen LogP contribution in [0.5, 0.6) is 0 Å². The van der Waals surface area contributed by atoms with Crippen molar-refractivity contribution < 1.29 is 18.0 Å². The maximum absolute atomic E-state index is 13.1. The molecule has 3 aromatic carbocycles. The SMILES string of the molecule is O=C(CSc1nc2ccccc2c(=O)n1-c1ccccc1)N/N=C/c1ccccc1C(F)(F)F. The lowest BCUT2D eigenvalue weighted by Gasteiger charge is -2.12. The molecule has 0 saturated carbocycles. The summed E-state index contributed by atoms with van der Waals surface area (Å²) in [6.07, 6.45) is -3.59. The lowest BCUT2D eigenvalue weighted by atomic mass is 10.1. The second-order valence-electron chi connectivity index (χ2n) is 7.05. The number of alkyl halides is 3. The molecule has 1 N–H and O–H groups in total. The molecule has 34 heavy (non-hydrogen) atoms. The summed E-state index contributed by atoms with van der Waals surface area (Å²) in [5.74, 6) is -0.719. The Bertz CT molecular complexity index is 1420. The fraction of sp³-hybridized carbons (Fsp3) is 0.0833. The number of nitrogens with zero attached hydrogens (tertiary/aromatic N) is 3. The Balaban J connectivity index is 1.54. The molecule has 1 heterocycles. The summed E-state index contributed by atoms with van der Waals surface area (Å²) in [5, 5.41) is 4.39.